The number of pyridine rings is 1. The Morgan fingerprint density at radius 2 is 1.88 bits per heavy atom. The topological polar surface area (TPSA) is 87.4 Å². The van der Waals surface area contributed by atoms with E-state index in [9.17, 15) is 14.8 Å². The molecule has 4 aromatic rings. The van der Waals surface area contributed by atoms with E-state index in [1.54, 1.807) is 30.5 Å². The summed E-state index contributed by atoms with van der Waals surface area (Å²) < 4.78 is 42.4. The Kier molecular flexibility index (Phi) is 8.88. The van der Waals surface area contributed by atoms with Gasteiger partial charge in [-0.05, 0) is 54.2 Å². The van der Waals surface area contributed by atoms with Crippen molar-refractivity contribution in [1.29, 1.82) is 5.26 Å². The second kappa shape index (κ2) is 12.9. The third-order valence-electron chi connectivity index (χ3n) is 7.38. The SMILES string of the molecule is CC[C@H](CO)NCc1cc(F)c(OC2CCc3c(-c4ccccc4F)cccc32)cc1OCc1cncc(C#N)c1. The highest BCUT2D eigenvalue weighted by atomic mass is 19.1. The normalized spacial score (nSPS) is 14.8. The van der Waals surface area contributed by atoms with E-state index >= 15 is 4.39 Å². The molecule has 0 spiro atoms. The van der Waals surface area contributed by atoms with Crippen LogP contribution in [0, 0.1) is 23.0 Å². The third kappa shape index (κ3) is 6.37. The molecular formula is C33H31F2N3O3. The molecular weight excluding hydrogens is 524 g/mol. The molecule has 0 bridgehead atoms. The van der Waals surface area contributed by atoms with E-state index in [-0.39, 0.29) is 37.4 Å². The maximum absolute atomic E-state index is 15.5. The van der Waals surface area contributed by atoms with Crippen molar-refractivity contribution in [2.75, 3.05) is 6.61 Å². The van der Waals surface area contributed by atoms with Crippen LogP contribution in [-0.2, 0) is 19.6 Å². The zero-order valence-electron chi connectivity index (χ0n) is 22.7. The number of halogens is 2. The summed E-state index contributed by atoms with van der Waals surface area (Å²) in [6.45, 7) is 2.31. The van der Waals surface area contributed by atoms with Gasteiger partial charge in [0.25, 0.3) is 0 Å². The highest BCUT2D eigenvalue weighted by Gasteiger charge is 2.28. The lowest BCUT2D eigenvalue weighted by atomic mass is 9.96. The Morgan fingerprint density at radius 3 is 2.66 bits per heavy atom. The number of nitrogens with zero attached hydrogens (tertiary/aromatic N) is 2. The standard InChI is InChI=1S/C33H31F2N3O3/c1-2-24(19-39)38-18-23-13-30(35)33(14-32(23)40-20-22-12-21(15-36)16-37-17-22)41-31-11-10-26-25(7-5-8-28(26)31)27-6-3-4-9-29(27)34/h3-9,12-14,16-17,24,31,38-39H,2,10-11,18-20H2,1H3/t24-,31?/m1/s1. The summed E-state index contributed by atoms with van der Waals surface area (Å²) in [7, 11) is 0. The van der Waals surface area contributed by atoms with E-state index in [2.05, 4.69) is 16.4 Å². The second-order valence-electron chi connectivity index (χ2n) is 10.0. The number of nitriles is 1. The van der Waals surface area contributed by atoms with Gasteiger partial charge in [0, 0.05) is 47.7 Å². The average molecular weight is 556 g/mol. The lowest BCUT2D eigenvalue weighted by Gasteiger charge is -2.20. The highest BCUT2D eigenvalue weighted by molar-refractivity contribution is 5.70. The number of aliphatic hydroxyl groups is 1. The van der Waals surface area contributed by atoms with Gasteiger partial charge in [-0.1, -0.05) is 43.3 Å². The predicted molar refractivity (Wildman–Crippen MR) is 151 cm³/mol. The molecule has 0 aliphatic heterocycles. The minimum Gasteiger partial charge on any atom is -0.488 e. The van der Waals surface area contributed by atoms with Gasteiger partial charge >= 0.3 is 0 Å². The fourth-order valence-corrected chi connectivity index (χ4v) is 5.14. The van der Waals surface area contributed by atoms with Gasteiger partial charge in [0.15, 0.2) is 11.6 Å². The third-order valence-corrected chi connectivity index (χ3v) is 7.38. The molecule has 5 rings (SSSR count). The number of ether oxygens (including phenoxy) is 2. The molecule has 210 valence electrons. The molecule has 3 aromatic carbocycles. The maximum atomic E-state index is 15.5. The molecule has 0 saturated heterocycles. The van der Waals surface area contributed by atoms with Gasteiger partial charge in [-0.25, -0.2) is 8.78 Å². The van der Waals surface area contributed by atoms with Gasteiger partial charge < -0.3 is 19.9 Å². The fraction of sp³-hybridized carbons (Fsp3) is 0.273. The summed E-state index contributed by atoms with van der Waals surface area (Å²) in [5.41, 5.74) is 4.94. The Balaban J connectivity index is 1.42. The quantitative estimate of drug-likeness (QED) is 0.223. The molecule has 2 N–H and O–H groups in total. The summed E-state index contributed by atoms with van der Waals surface area (Å²) in [6.07, 6.45) is 4.69. The van der Waals surface area contributed by atoms with Crippen molar-refractivity contribution < 1.29 is 23.4 Å². The molecule has 0 fully saturated rings. The number of rotatable bonds is 11. The van der Waals surface area contributed by atoms with E-state index in [4.69, 9.17) is 9.47 Å². The van der Waals surface area contributed by atoms with Crippen LogP contribution in [0.4, 0.5) is 8.78 Å². The first-order chi connectivity index (χ1) is 20.0. The van der Waals surface area contributed by atoms with Crippen molar-refractivity contribution in [3.8, 4) is 28.7 Å². The zero-order valence-corrected chi connectivity index (χ0v) is 22.7. The van der Waals surface area contributed by atoms with Gasteiger partial charge in [-0.15, -0.1) is 0 Å². The molecule has 2 atom stereocenters. The molecule has 1 heterocycles. The fourth-order valence-electron chi connectivity index (χ4n) is 5.14. The first-order valence-electron chi connectivity index (χ1n) is 13.7. The minimum absolute atomic E-state index is 0.0427. The molecule has 1 aromatic heterocycles. The summed E-state index contributed by atoms with van der Waals surface area (Å²) in [5.74, 6) is -0.347. The van der Waals surface area contributed by atoms with Crippen molar-refractivity contribution in [2.24, 2.45) is 0 Å². The van der Waals surface area contributed by atoms with Crippen LogP contribution in [0.2, 0.25) is 0 Å². The van der Waals surface area contributed by atoms with Crippen LogP contribution in [-0.4, -0.2) is 22.7 Å². The molecule has 8 heteroatoms. The number of fused-ring (bicyclic) bond motifs is 1. The summed E-state index contributed by atoms with van der Waals surface area (Å²) >= 11 is 0. The van der Waals surface area contributed by atoms with Crippen molar-refractivity contribution in [3.63, 3.8) is 0 Å². The zero-order chi connectivity index (χ0) is 28.8. The van der Waals surface area contributed by atoms with Crippen molar-refractivity contribution >= 4 is 0 Å². The Labute approximate surface area is 238 Å². The largest absolute Gasteiger partial charge is 0.488 e. The maximum Gasteiger partial charge on any atom is 0.165 e. The van der Waals surface area contributed by atoms with Crippen LogP contribution >= 0.6 is 0 Å². The first kappa shape index (κ1) is 28.2. The molecule has 1 aliphatic carbocycles. The lowest BCUT2D eigenvalue weighted by molar-refractivity contribution is 0.196. The number of aliphatic hydroxyl groups excluding tert-OH is 1. The minimum atomic E-state index is -0.530. The van der Waals surface area contributed by atoms with Crippen LogP contribution in [0.1, 0.15) is 53.7 Å². The molecule has 6 nitrogen and oxygen atoms in total. The van der Waals surface area contributed by atoms with E-state index in [1.165, 1.54) is 18.3 Å². The molecule has 0 radical (unpaired) electrons. The van der Waals surface area contributed by atoms with Gasteiger partial charge in [0.1, 0.15) is 30.3 Å². The molecule has 0 amide bonds. The van der Waals surface area contributed by atoms with Gasteiger partial charge in [-0.2, -0.15) is 5.26 Å². The predicted octanol–water partition coefficient (Wildman–Crippen LogP) is 6.40. The number of benzene rings is 3. The second-order valence-corrected chi connectivity index (χ2v) is 10.0. The van der Waals surface area contributed by atoms with Crippen molar-refractivity contribution in [1.82, 2.24) is 10.3 Å². The monoisotopic (exact) mass is 555 g/mol. The average Bonchev–Trinajstić information content (AvgIpc) is 3.41. The lowest BCUT2D eigenvalue weighted by Crippen LogP contribution is -2.31. The number of nitrogens with one attached hydrogen (secondary N) is 1. The van der Waals surface area contributed by atoms with Crippen LogP contribution < -0.4 is 14.8 Å². The van der Waals surface area contributed by atoms with Crippen molar-refractivity contribution in [2.45, 2.75) is 51.5 Å². The molecule has 0 saturated carbocycles. The Morgan fingerprint density at radius 1 is 1.05 bits per heavy atom. The number of hydrogen-bond donors (Lipinski definition) is 2. The van der Waals surface area contributed by atoms with Gasteiger partial charge in [0.2, 0.25) is 0 Å². The van der Waals surface area contributed by atoms with E-state index in [0.29, 0.717) is 47.3 Å². The molecule has 1 aliphatic rings. The molecule has 41 heavy (non-hydrogen) atoms. The first-order valence-corrected chi connectivity index (χ1v) is 13.7. The number of hydrogen-bond acceptors (Lipinski definition) is 6. The van der Waals surface area contributed by atoms with E-state index in [0.717, 1.165) is 16.7 Å². The van der Waals surface area contributed by atoms with Crippen molar-refractivity contribution in [3.05, 3.63) is 113 Å². The van der Waals surface area contributed by atoms with Crippen LogP contribution in [0.15, 0.2) is 73.1 Å². The van der Waals surface area contributed by atoms with Crippen LogP contribution in [0.3, 0.4) is 0 Å². The highest BCUT2D eigenvalue weighted by Crippen LogP contribution is 2.42. The number of aromatic nitrogens is 1. The summed E-state index contributed by atoms with van der Waals surface area (Å²) in [6, 6.07) is 18.9. The summed E-state index contributed by atoms with van der Waals surface area (Å²) in [4.78, 5) is 4.08. The smallest absolute Gasteiger partial charge is 0.165 e. The van der Waals surface area contributed by atoms with Gasteiger partial charge in [0.05, 0.1) is 12.2 Å². The van der Waals surface area contributed by atoms with Crippen LogP contribution in [0.5, 0.6) is 11.5 Å². The Hall–Kier alpha value is -4.32. The van der Waals surface area contributed by atoms with Gasteiger partial charge in [-0.3, -0.25) is 4.98 Å². The Bertz CT molecular complexity index is 1570. The van der Waals surface area contributed by atoms with E-state index < -0.39 is 11.9 Å². The summed E-state index contributed by atoms with van der Waals surface area (Å²) in [5, 5.41) is 22.0. The van der Waals surface area contributed by atoms with Crippen LogP contribution in [0.25, 0.3) is 11.1 Å². The van der Waals surface area contributed by atoms with E-state index in [1.807, 2.05) is 31.2 Å². The molecule has 1 unspecified atom stereocenters.